The minimum Gasteiger partial charge on any atom is -0.387 e. The molecule has 2 heteroatoms. The van der Waals surface area contributed by atoms with Crippen LogP contribution in [-0.2, 0) is 0 Å². The topological polar surface area (TPSA) is 40.5 Å². The molecule has 0 aromatic heterocycles. The second-order valence-corrected chi connectivity index (χ2v) is 5.60. The van der Waals surface area contributed by atoms with Crippen LogP contribution >= 0.6 is 0 Å². The lowest BCUT2D eigenvalue weighted by Gasteiger charge is -2.38. The summed E-state index contributed by atoms with van der Waals surface area (Å²) in [6.07, 6.45) is 2.64. The molecule has 2 nitrogen and oxygen atoms in total. The molecule has 1 aromatic carbocycles. The fraction of sp³-hybridized carbons (Fsp3) is 0.600. The van der Waals surface area contributed by atoms with Gasteiger partial charge in [-0.2, -0.15) is 0 Å². The Hall–Kier alpha value is -0.860. The average Bonchev–Trinajstić information content (AvgIpc) is 2.33. The van der Waals surface area contributed by atoms with Crippen LogP contribution in [0.25, 0.3) is 0 Å². The largest absolute Gasteiger partial charge is 0.387 e. The minimum absolute atomic E-state index is 0.667. The Morgan fingerprint density at radius 3 is 2.24 bits per heavy atom. The summed E-state index contributed by atoms with van der Waals surface area (Å²) in [7, 11) is 0. The van der Waals surface area contributed by atoms with Crippen LogP contribution in [0.1, 0.15) is 49.8 Å². The number of aliphatic hydroxyl groups excluding tert-OH is 1. The molecule has 1 aromatic rings. The summed E-state index contributed by atoms with van der Waals surface area (Å²) < 4.78 is 0. The van der Waals surface area contributed by atoms with Gasteiger partial charge in [-0.15, -0.1) is 0 Å². The first-order valence-corrected chi connectivity index (χ1v) is 6.48. The fourth-order valence-corrected chi connectivity index (χ4v) is 2.59. The van der Waals surface area contributed by atoms with E-state index in [1.54, 1.807) is 0 Å². The summed E-state index contributed by atoms with van der Waals surface area (Å²) in [5.74, 6) is 0.667. The molecule has 1 saturated carbocycles. The highest BCUT2D eigenvalue weighted by Gasteiger charge is 2.39. The first-order valence-electron chi connectivity index (χ1n) is 6.48. The van der Waals surface area contributed by atoms with E-state index in [9.17, 15) is 10.2 Å². The van der Waals surface area contributed by atoms with E-state index in [0.29, 0.717) is 18.8 Å². The maximum atomic E-state index is 10.5. The Labute approximate surface area is 103 Å². The summed E-state index contributed by atoms with van der Waals surface area (Å²) in [5, 5.41) is 20.9. The molecule has 1 aliphatic rings. The van der Waals surface area contributed by atoms with Crippen molar-refractivity contribution in [3.8, 4) is 0 Å². The monoisotopic (exact) mass is 234 g/mol. The molecule has 0 spiro atoms. The van der Waals surface area contributed by atoms with Gasteiger partial charge in [0.15, 0.2) is 0 Å². The van der Waals surface area contributed by atoms with Crippen molar-refractivity contribution in [1.82, 2.24) is 0 Å². The lowest BCUT2D eigenvalue weighted by Crippen LogP contribution is -2.39. The van der Waals surface area contributed by atoms with E-state index in [1.807, 2.05) is 31.2 Å². The molecule has 0 radical (unpaired) electrons. The van der Waals surface area contributed by atoms with E-state index >= 15 is 0 Å². The Bertz CT molecular complexity index is 361. The van der Waals surface area contributed by atoms with Crippen molar-refractivity contribution in [2.24, 2.45) is 5.92 Å². The zero-order valence-electron chi connectivity index (χ0n) is 10.7. The molecular weight excluding hydrogens is 212 g/mol. The van der Waals surface area contributed by atoms with Crippen LogP contribution in [0.3, 0.4) is 0 Å². The Morgan fingerprint density at radius 2 is 1.71 bits per heavy atom. The lowest BCUT2D eigenvalue weighted by molar-refractivity contribution is -0.105. The number of rotatable bonds is 2. The molecule has 0 aliphatic heterocycles. The first kappa shape index (κ1) is 12.6. The molecule has 2 N–H and O–H groups in total. The van der Waals surface area contributed by atoms with Crippen LogP contribution in [0.5, 0.6) is 0 Å². The van der Waals surface area contributed by atoms with Crippen molar-refractivity contribution in [3.05, 3.63) is 35.4 Å². The molecule has 0 heterocycles. The quantitative estimate of drug-likeness (QED) is 0.826. The summed E-state index contributed by atoms with van der Waals surface area (Å²) >= 11 is 0. The predicted octanol–water partition coefficient (Wildman–Crippen LogP) is 2.97. The predicted molar refractivity (Wildman–Crippen MR) is 68.7 cm³/mol. The molecule has 1 unspecified atom stereocenters. The Morgan fingerprint density at radius 1 is 1.18 bits per heavy atom. The number of hydrogen-bond acceptors (Lipinski definition) is 2. The van der Waals surface area contributed by atoms with Gasteiger partial charge in [0, 0.05) is 0 Å². The highest BCUT2D eigenvalue weighted by atomic mass is 16.3. The van der Waals surface area contributed by atoms with E-state index in [4.69, 9.17) is 0 Å². The molecule has 0 bridgehead atoms. The molecule has 1 aliphatic carbocycles. The van der Waals surface area contributed by atoms with Crippen LogP contribution in [0.15, 0.2) is 24.3 Å². The third kappa shape index (κ3) is 2.70. The summed E-state index contributed by atoms with van der Waals surface area (Å²) in [4.78, 5) is 0. The van der Waals surface area contributed by atoms with E-state index in [-0.39, 0.29) is 0 Å². The van der Waals surface area contributed by atoms with Crippen molar-refractivity contribution >= 4 is 0 Å². The van der Waals surface area contributed by atoms with Gasteiger partial charge in [-0.05, 0) is 44.1 Å². The van der Waals surface area contributed by atoms with E-state index < -0.39 is 11.7 Å². The number of hydrogen-bond donors (Lipinski definition) is 2. The lowest BCUT2D eigenvalue weighted by atomic mass is 9.75. The van der Waals surface area contributed by atoms with Crippen LogP contribution in [-0.4, -0.2) is 15.8 Å². The highest BCUT2D eigenvalue weighted by Crippen LogP contribution is 2.40. The van der Waals surface area contributed by atoms with Crippen LogP contribution in [0, 0.1) is 12.8 Å². The number of aliphatic hydroxyl groups is 2. The van der Waals surface area contributed by atoms with Crippen molar-refractivity contribution in [2.45, 2.75) is 51.2 Å². The number of aryl methyl sites for hydroxylation is 1. The molecule has 1 fully saturated rings. The third-order valence-corrected chi connectivity index (χ3v) is 4.04. The Balaban J connectivity index is 2.13. The standard InChI is InChI=1S/C15H22O2/c1-11-3-5-13(6-4-11)14(16)15(17)9-7-12(2)8-10-15/h3-6,12,14,16-17H,7-10H2,1-2H3. The zero-order valence-corrected chi connectivity index (χ0v) is 10.7. The summed E-state index contributed by atoms with van der Waals surface area (Å²) in [6.45, 7) is 4.23. The molecule has 2 rings (SSSR count). The highest BCUT2D eigenvalue weighted by molar-refractivity contribution is 5.25. The van der Waals surface area contributed by atoms with Gasteiger partial charge in [-0.25, -0.2) is 0 Å². The first-order chi connectivity index (χ1) is 8.01. The molecular formula is C15H22O2. The molecule has 0 saturated heterocycles. The molecule has 94 valence electrons. The number of benzene rings is 1. The van der Waals surface area contributed by atoms with E-state index in [1.165, 1.54) is 5.56 Å². The fourth-order valence-electron chi connectivity index (χ4n) is 2.59. The van der Waals surface area contributed by atoms with Crippen LogP contribution in [0.2, 0.25) is 0 Å². The van der Waals surface area contributed by atoms with Crippen molar-refractivity contribution in [1.29, 1.82) is 0 Å². The van der Waals surface area contributed by atoms with E-state index in [0.717, 1.165) is 18.4 Å². The second-order valence-electron chi connectivity index (χ2n) is 5.60. The average molecular weight is 234 g/mol. The molecule has 17 heavy (non-hydrogen) atoms. The van der Waals surface area contributed by atoms with Crippen LogP contribution < -0.4 is 0 Å². The van der Waals surface area contributed by atoms with Crippen molar-refractivity contribution < 1.29 is 10.2 Å². The normalized spacial score (nSPS) is 31.2. The van der Waals surface area contributed by atoms with Gasteiger partial charge in [-0.3, -0.25) is 0 Å². The third-order valence-electron chi connectivity index (χ3n) is 4.04. The molecule has 0 amide bonds. The summed E-state index contributed by atoms with van der Waals surface area (Å²) in [5.41, 5.74) is 1.07. The van der Waals surface area contributed by atoms with Gasteiger partial charge in [0.2, 0.25) is 0 Å². The zero-order chi connectivity index (χ0) is 12.5. The summed E-state index contributed by atoms with van der Waals surface area (Å²) in [6, 6.07) is 7.78. The SMILES string of the molecule is Cc1ccc(C(O)C2(O)CCC(C)CC2)cc1. The minimum atomic E-state index is -0.929. The second kappa shape index (κ2) is 4.79. The van der Waals surface area contributed by atoms with Crippen molar-refractivity contribution in [3.63, 3.8) is 0 Å². The van der Waals surface area contributed by atoms with Gasteiger partial charge in [0.1, 0.15) is 6.10 Å². The van der Waals surface area contributed by atoms with Crippen molar-refractivity contribution in [2.75, 3.05) is 0 Å². The molecule has 1 atom stereocenters. The van der Waals surface area contributed by atoms with Gasteiger partial charge < -0.3 is 10.2 Å². The maximum Gasteiger partial charge on any atom is 0.108 e. The Kier molecular flexibility index (Phi) is 3.55. The van der Waals surface area contributed by atoms with Crippen LogP contribution in [0.4, 0.5) is 0 Å². The van der Waals surface area contributed by atoms with Gasteiger partial charge in [0.05, 0.1) is 5.60 Å². The maximum absolute atomic E-state index is 10.5. The van der Waals surface area contributed by atoms with E-state index in [2.05, 4.69) is 6.92 Å². The van der Waals surface area contributed by atoms with Gasteiger partial charge >= 0.3 is 0 Å². The van der Waals surface area contributed by atoms with Gasteiger partial charge in [0.25, 0.3) is 0 Å². The smallest absolute Gasteiger partial charge is 0.108 e. The van der Waals surface area contributed by atoms with Gasteiger partial charge in [-0.1, -0.05) is 36.8 Å².